The molecule has 0 saturated carbocycles. The van der Waals surface area contributed by atoms with Gasteiger partial charge in [-0.1, -0.05) is 38.1 Å². The standard InChI is InChI=1S/C24H26N2O5S.ClH/c1-24(2,22(23(25)27)30-16-18-7-6-14-26-15-18)17-32(28,29)21-12-10-20(11-13-21)31-19-8-4-3-5-9-19;/h3-15,22H,16-17H2,1-2H3,(H2,25,27);1H. The summed E-state index contributed by atoms with van der Waals surface area (Å²) in [5, 5.41) is 0. The van der Waals surface area contributed by atoms with Crippen LogP contribution in [-0.4, -0.2) is 31.2 Å². The number of amides is 1. The van der Waals surface area contributed by atoms with Crippen LogP contribution in [-0.2, 0) is 26.0 Å². The molecule has 0 bridgehead atoms. The minimum Gasteiger partial charge on any atom is -0.457 e. The Balaban J connectivity index is 0.00000385. The van der Waals surface area contributed by atoms with Crippen molar-refractivity contribution in [3.8, 4) is 11.5 Å². The molecule has 0 fully saturated rings. The number of sulfone groups is 1. The summed E-state index contributed by atoms with van der Waals surface area (Å²) in [5.41, 5.74) is 5.24. The van der Waals surface area contributed by atoms with Gasteiger partial charge in [-0.15, -0.1) is 12.4 Å². The first-order valence-electron chi connectivity index (χ1n) is 10.0. The molecule has 3 rings (SSSR count). The predicted molar refractivity (Wildman–Crippen MR) is 128 cm³/mol. The molecule has 2 N–H and O–H groups in total. The number of rotatable bonds is 10. The number of benzene rings is 2. The summed E-state index contributed by atoms with van der Waals surface area (Å²) in [7, 11) is -3.72. The van der Waals surface area contributed by atoms with Crippen LogP contribution in [0.15, 0.2) is 84.0 Å². The van der Waals surface area contributed by atoms with Crippen molar-refractivity contribution in [2.75, 3.05) is 5.75 Å². The van der Waals surface area contributed by atoms with E-state index in [1.54, 1.807) is 50.5 Å². The van der Waals surface area contributed by atoms with Gasteiger partial charge < -0.3 is 15.2 Å². The van der Waals surface area contributed by atoms with Crippen LogP contribution < -0.4 is 10.5 Å². The van der Waals surface area contributed by atoms with Crippen molar-refractivity contribution in [1.82, 2.24) is 4.98 Å². The molecule has 1 amide bonds. The van der Waals surface area contributed by atoms with E-state index in [1.807, 2.05) is 30.3 Å². The number of hydrogen-bond acceptors (Lipinski definition) is 6. The molecule has 3 aromatic rings. The summed E-state index contributed by atoms with van der Waals surface area (Å²) < 4.78 is 37.6. The van der Waals surface area contributed by atoms with Crippen molar-refractivity contribution < 1.29 is 22.7 Å². The van der Waals surface area contributed by atoms with Gasteiger partial charge in [-0.3, -0.25) is 9.78 Å². The van der Waals surface area contributed by atoms with Crippen LogP contribution in [0.4, 0.5) is 0 Å². The molecule has 0 aliphatic rings. The second kappa shape index (κ2) is 11.3. The van der Waals surface area contributed by atoms with Crippen LogP contribution >= 0.6 is 12.4 Å². The van der Waals surface area contributed by atoms with Crippen molar-refractivity contribution in [2.45, 2.75) is 31.5 Å². The van der Waals surface area contributed by atoms with Crippen molar-refractivity contribution >= 4 is 28.2 Å². The lowest BCUT2D eigenvalue weighted by Crippen LogP contribution is -2.46. The summed E-state index contributed by atoms with van der Waals surface area (Å²) in [6.07, 6.45) is 2.14. The van der Waals surface area contributed by atoms with E-state index >= 15 is 0 Å². The summed E-state index contributed by atoms with van der Waals surface area (Å²) in [4.78, 5) is 16.2. The zero-order valence-electron chi connectivity index (χ0n) is 18.4. The molecule has 1 aromatic heterocycles. The highest BCUT2D eigenvalue weighted by atomic mass is 35.5. The van der Waals surface area contributed by atoms with E-state index in [0.29, 0.717) is 11.5 Å². The number of primary amides is 1. The molecular weight excluding hydrogens is 464 g/mol. The SMILES string of the molecule is CC(C)(CS(=O)(=O)c1ccc(Oc2ccccc2)cc1)C(OCc1cccnc1)C(N)=O.Cl. The van der Waals surface area contributed by atoms with Crippen LogP contribution in [0.3, 0.4) is 0 Å². The minimum absolute atomic E-state index is 0. The van der Waals surface area contributed by atoms with E-state index < -0.39 is 27.3 Å². The summed E-state index contributed by atoms with van der Waals surface area (Å²) >= 11 is 0. The number of ether oxygens (including phenoxy) is 2. The first-order chi connectivity index (χ1) is 15.2. The number of carbonyl (C=O) groups is 1. The monoisotopic (exact) mass is 490 g/mol. The number of halogens is 1. The van der Waals surface area contributed by atoms with Crippen LogP contribution in [0, 0.1) is 5.41 Å². The molecule has 7 nitrogen and oxygen atoms in total. The molecule has 1 heterocycles. The molecule has 2 aromatic carbocycles. The van der Waals surface area contributed by atoms with Gasteiger partial charge in [-0.2, -0.15) is 0 Å². The second-order valence-electron chi connectivity index (χ2n) is 8.09. The number of para-hydroxylation sites is 1. The predicted octanol–water partition coefficient (Wildman–Crippen LogP) is 4.17. The van der Waals surface area contributed by atoms with E-state index in [1.165, 1.54) is 12.1 Å². The van der Waals surface area contributed by atoms with Crippen molar-refractivity contribution in [2.24, 2.45) is 11.1 Å². The Morgan fingerprint density at radius 1 is 1.00 bits per heavy atom. The van der Waals surface area contributed by atoms with Gasteiger partial charge in [0.1, 0.15) is 17.6 Å². The van der Waals surface area contributed by atoms with Gasteiger partial charge in [0.2, 0.25) is 5.91 Å². The number of nitrogens with two attached hydrogens (primary N) is 1. The molecular formula is C24H27ClN2O5S. The quantitative estimate of drug-likeness (QED) is 0.457. The Bertz CT molecular complexity index is 1140. The lowest BCUT2D eigenvalue weighted by molar-refractivity contribution is -0.137. The Hall–Kier alpha value is -2.94. The maximum absolute atomic E-state index is 13.1. The molecule has 33 heavy (non-hydrogen) atoms. The van der Waals surface area contributed by atoms with Crippen LogP contribution in [0.1, 0.15) is 19.4 Å². The van der Waals surface area contributed by atoms with Crippen molar-refractivity contribution in [3.05, 3.63) is 84.7 Å². The Labute approximate surface area is 200 Å². The smallest absolute Gasteiger partial charge is 0.247 e. The van der Waals surface area contributed by atoms with Gasteiger partial charge in [-0.25, -0.2) is 8.42 Å². The van der Waals surface area contributed by atoms with E-state index in [2.05, 4.69) is 4.98 Å². The second-order valence-corrected chi connectivity index (χ2v) is 10.1. The van der Waals surface area contributed by atoms with Gasteiger partial charge in [0.15, 0.2) is 9.84 Å². The fourth-order valence-corrected chi connectivity index (χ4v) is 5.19. The third-order valence-electron chi connectivity index (χ3n) is 4.83. The number of pyridine rings is 1. The van der Waals surface area contributed by atoms with Crippen LogP contribution in [0.5, 0.6) is 11.5 Å². The number of aromatic nitrogens is 1. The molecule has 1 unspecified atom stereocenters. The van der Waals surface area contributed by atoms with Gasteiger partial charge >= 0.3 is 0 Å². The fraction of sp³-hybridized carbons (Fsp3) is 0.250. The average molecular weight is 491 g/mol. The zero-order chi connectivity index (χ0) is 23.2. The maximum atomic E-state index is 13.1. The highest BCUT2D eigenvalue weighted by Crippen LogP contribution is 2.30. The average Bonchev–Trinajstić information content (AvgIpc) is 2.74. The van der Waals surface area contributed by atoms with E-state index in [4.69, 9.17) is 15.2 Å². The van der Waals surface area contributed by atoms with Crippen LogP contribution in [0.2, 0.25) is 0 Å². The Morgan fingerprint density at radius 2 is 1.64 bits per heavy atom. The minimum atomic E-state index is -3.72. The first-order valence-corrected chi connectivity index (χ1v) is 11.7. The number of nitrogens with zero attached hydrogens (tertiary/aromatic N) is 1. The molecule has 0 aliphatic heterocycles. The molecule has 0 radical (unpaired) electrons. The molecule has 176 valence electrons. The summed E-state index contributed by atoms with van der Waals surface area (Å²) in [6, 6.07) is 18.9. The lowest BCUT2D eigenvalue weighted by atomic mass is 9.88. The maximum Gasteiger partial charge on any atom is 0.247 e. The van der Waals surface area contributed by atoms with E-state index in [0.717, 1.165) is 5.56 Å². The van der Waals surface area contributed by atoms with E-state index in [-0.39, 0.29) is 29.7 Å². The van der Waals surface area contributed by atoms with Gasteiger partial charge in [0.25, 0.3) is 0 Å². The van der Waals surface area contributed by atoms with Gasteiger partial charge in [0.05, 0.1) is 17.3 Å². The highest BCUT2D eigenvalue weighted by molar-refractivity contribution is 7.91. The molecule has 0 aliphatic carbocycles. The Morgan fingerprint density at radius 3 is 2.21 bits per heavy atom. The normalized spacial score (nSPS) is 12.4. The Kier molecular flexibility index (Phi) is 8.99. The van der Waals surface area contributed by atoms with Gasteiger partial charge in [0, 0.05) is 17.8 Å². The molecule has 0 spiro atoms. The summed E-state index contributed by atoms with van der Waals surface area (Å²) in [6.45, 7) is 3.39. The third-order valence-corrected chi connectivity index (χ3v) is 6.95. The molecule has 0 saturated heterocycles. The largest absolute Gasteiger partial charge is 0.457 e. The van der Waals surface area contributed by atoms with Crippen LogP contribution in [0.25, 0.3) is 0 Å². The first kappa shape index (κ1) is 26.3. The zero-order valence-corrected chi connectivity index (χ0v) is 20.0. The van der Waals surface area contributed by atoms with Crippen molar-refractivity contribution in [3.63, 3.8) is 0 Å². The number of hydrogen-bond donors (Lipinski definition) is 1. The van der Waals surface area contributed by atoms with Gasteiger partial charge in [-0.05, 0) is 48.0 Å². The fourth-order valence-electron chi connectivity index (χ4n) is 3.34. The number of carbonyl (C=O) groups excluding carboxylic acids is 1. The topological polar surface area (TPSA) is 109 Å². The van der Waals surface area contributed by atoms with E-state index in [9.17, 15) is 13.2 Å². The molecule has 1 atom stereocenters. The summed E-state index contributed by atoms with van der Waals surface area (Å²) in [5.74, 6) is 0.128. The highest BCUT2D eigenvalue weighted by Gasteiger charge is 2.39. The lowest BCUT2D eigenvalue weighted by Gasteiger charge is -2.31. The molecule has 9 heteroatoms. The van der Waals surface area contributed by atoms with Crippen molar-refractivity contribution in [1.29, 1.82) is 0 Å². The third kappa shape index (κ3) is 7.28.